The van der Waals surface area contributed by atoms with Crippen LogP contribution in [0.5, 0.6) is 5.75 Å². The summed E-state index contributed by atoms with van der Waals surface area (Å²) in [5.41, 5.74) is 1.84. The molecule has 2 aromatic carbocycles. The highest BCUT2D eigenvalue weighted by molar-refractivity contribution is 5.85. The summed E-state index contributed by atoms with van der Waals surface area (Å²) in [7, 11) is 1.60. The van der Waals surface area contributed by atoms with Gasteiger partial charge in [-0.2, -0.15) is 0 Å². The zero-order valence-electron chi connectivity index (χ0n) is 22.0. The molecule has 0 saturated carbocycles. The molecule has 0 radical (unpaired) electrons. The quantitative estimate of drug-likeness (QED) is 0.559. The minimum absolute atomic E-state index is 0.246. The number of ether oxygens (including phenoxy) is 3. The van der Waals surface area contributed by atoms with Crippen LogP contribution in [0, 0.1) is 18.8 Å². The topological polar surface area (TPSA) is 77.1 Å². The monoisotopic (exact) mass is 492 g/mol. The van der Waals surface area contributed by atoms with E-state index >= 15 is 0 Å². The van der Waals surface area contributed by atoms with E-state index in [4.69, 9.17) is 14.2 Å². The number of nitrogens with zero attached hydrogens (tertiary/aromatic N) is 1. The fraction of sp³-hybridized carbons (Fsp3) is 0.448. The van der Waals surface area contributed by atoms with Crippen LogP contribution >= 0.6 is 0 Å². The molecule has 1 fully saturated rings. The maximum atomic E-state index is 13.6. The van der Waals surface area contributed by atoms with E-state index in [1.54, 1.807) is 18.9 Å². The Morgan fingerprint density at radius 1 is 1.11 bits per heavy atom. The van der Waals surface area contributed by atoms with Crippen molar-refractivity contribution in [2.45, 2.75) is 58.3 Å². The first-order valence-corrected chi connectivity index (χ1v) is 12.1. The molecule has 1 N–H and O–H groups in total. The number of carbonyl (C=O) groups is 2. The zero-order valence-corrected chi connectivity index (χ0v) is 22.0. The van der Waals surface area contributed by atoms with Crippen LogP contribution in [-0.4, -0.2) is 55.3 Å². The summed E-state index contributed by atoms with van der Waals surface area (Å²) in [6, 6.07) is 15.4. The number of aryl methyl sites for hydroxylation is 1. The molecule has 0 aliphatic carbocycles. The molecular weight excluding hydrogens is 456 g/mol. The van der Waals surface area contributed by atoms with Crippen LogP contribution in [0.3, 0.4) is 0 Å². The van der Waals surface area contributed by atoms with Crippen LogP contribution in [0.15, 0.2) is 48.5 Å². The minimum atomic E-state index is -0.981. The number of rotatable bonds is 8. The van der Waals surface area contributed by atoms with E-state index in [0.717, 1.165) is 16.7 Å². The summed E-state index contributed by atoms with van der Waals surface area (Å²) >= 11 is 0. The molecule has 1 saturated heterocycles. The lowest BCUT2D eigenvalue weighted by Crippen LogP contribution is -2.65. The molecule has 2 aromatic rings. The third-order valence-electron chi connectivity index (χ3n) is 6.02. The summed E-state index contributed by atoms with van der Waals surface area (Å²) in [5, 5.41) is 2.78. The van der Waals surface area contributed by atoms with Gasteiger partial charge in [0.05, 0.1) is 20.2 Å². The number of carbonyl (C=O) groups excluding carboxylic acids is 2. The largest absolute Gasteiger partial charge is 0.497 e. The van der Waals surface area contributed by atoms with Crippen molar-refractivity contribution in [2.24, 2.45) is 0 Å². The van der Waals surface area contributed by atoms with E-state index < -0.39 is 23.3 Å². The number of nitrogens with one attached hydrogen (secondary N) is 1. The van der Waals surface area contributed by atoms with Crippen molar-refractivity contribution in [3.05, 3.63) is 65.2 Å². The van der Waals surface area contributed by atoms with Gasteiger partial charge in [-0.05, 0) is 63.4 Å². The number of alkyl carbamates (subject to hydrolysis) is 1. The number of benzene rings is 2. The minimum Gasteiger partial charge on any atom is -0.497 e. The first-order chi connectivity index (χ1) is 17.1. The Morgan fingerprint density at radius 3 is 2.36 bits per heavy atom. The maximum Gasteiger partial charge on any atom is 0.408 e. The summed E-state index contributed by atoms with van der Waals surface area (Å²) in [6.45, 7) is 10.3. The van der Waals surface area contributed by atoms with E-state index in [1.165, 1.54) is 0 Å². The number of hydrogen-bond acceptors (Lipinski definition) is 5. The van der Waals surface area contributed by atoms with E-state index in [1.807, 2.05) is 76.2 Å². The zero-order chi connectivity index (χ0) is 26.3. The fourth-order valence-corrected chi connectivity index (χ4v) is 4.22. The van der Waals surface area contributed by atoms with Crippen molar-refractivity contribution in [2.75, 3.05) is 26.8 Å². The Balaban J connectivity index is 1.80. The van der Waals surface area contributed by atoms with Gasteiger partial charge >= 0.3 is 6.09 Å². The highest BCUT2D eigenvalue weighted by atomic mass is 16.6. The Labute approximate surface area is 214 Å². The van der Waals surface area contributed by atoms with Gasteiger partial charge in [0, 0.05) is 12.0 Å². The van der Waals surface area contributed by atoms with Crippen molar-refractivity contribution < 1.29 is 23.8 Å². The summed E-state index contributed by atoms with van der Waals surface area (Å²) < 4.78 is 17.1. The molecule has 0 spiro atoms. The van der Waals surface area contributed by atoms with Crippen LogP contribution in [0.25, 0.3) is 0 Å². The predicted molar refractivity (Wildman–Crippen MR) is 139 cm³/mol. The molecule has 3 rings (SSSR count). The van der Waals surface area contributed by atoms with Crippen LogP contribution in [0.1, 0.15) is 44.4 Å². The lowest BCUT2D eigenvalue weighted by Gasteiger charge is -2.50. The average Bonchev–Trinajstić information content (AvgIpc) is 2.80. The normalized spacial score (nSPS) is 15.1. The van der Waals surface area contributed by atoms with Gasteiger partial charge in [-0.25, -0.2) is 4.79 Å². The van der Waals surface area contributed by atoms with E-state index in [2.05, 4.69) is 17.2 Å². The van der Waals surface area contributed by atoms with Crippen LogP contribution in [-0.2, 0) is 26.3 Å². The molecule has 1 heterocycles. The molecule has 7 heteroatoms. The second-order valence-electron chi connectivity index (χ2n) is 10.0. The van der Waals surface area contributed by atoms with E-state index in [9.17, 15) is 9.59 Å². The molecule has 36 heavy (non-hydrogen) atoms. The third-order valence-corrected chi connectivity index (χ3v) is 6.02. The van der Waals surface area contributed by atoms with Gasteiger partial charge in [0.25, 0.3) is 5.91 Å². The third kappa shape index (κ3) is 6.79. The Bertz CT molecular complexity index is 1120. The fourth-order valence-electron chi connectivity index (χ4n) is 4.22. The molecule has 2 amide bonds. The highest BCUT2D eigenvalue weighted by Gasteiger charge is 2.50. The summed E-state index contributed by atoms with van der Waals surface area (Å²) in [6.07, 6.45) is -1.36. The van der Waals surface area contributed by atoms with E-state index in [0.29, 0.717) is 18.8 Å². The van der Waals surface area contributed by atoms with Gasteiger partial charge in [0.1, 0.15) is 18.0 Å². The molecule has 1 aliphatic rings. The molecule has 7 nitrogen and oxygen atoms in total. The summed E-state index contributed by atoms with van der Waals surface area (Å²) in [4.78, 5) is 27.9. The maximum absolute atomic E-state index is 13.6. The van der Waals surface area contributed by atoms with Crippen molar-refractivity contribution in [1.29, 1.82) is 0 Å². The standard InChI is InChI=1S/C29H36N2O5/c1-7-8-17-35-29(24-12-10-9-11-21(24)2)19-31(20-29)26(32)25(36-27(33)30-28(3,4)5)18-22-13-15-23(34-6)16-14-22/h9-16,25H,17-20H2,1-6H3,(H,30,33). The molecule has 192 valence electrons. The number of amides is 2. The first kappa shape index (κ1) is 27.1. The van der Waals surface area contributed by atoms with Gasteiger partial charge in [0.2, 0.25) is 0 Å². The van der Waals surface area contributed by atoms with Crippen molar-refractivity contribution in [3.63, 3.8) is 0 Å². The van der Waals surface area contributed by atoms with Crippen LogP contribution in [0.2, 0.25) is 0 Å². The Morgan fingerprint density at radius 2 is 1.78 bits per heavy atom. The first-order valence-electron chi connectivity index (χ1n) is 12.1. The van der Waals surface area contributed by atoms with Gasteiger partial charge in [-0.1, -0.05) is 42.3 Å². The van der Waals surface area contributed by atoms with Crippen molar-refractivity contribution in [1.82, 2.24) is 10.2 Å². The van der Waals surface area contributed by atoms with Gasteiger partial charge in [-0.15, -0.1) is 5.92 Å². The molecular formula is C29H36N2O5. The lowest BCUT2D eigenvalue weighted by atomic mass is 9.82. The van der Waals surface area contributed by atoms with Gasteiger partial charge < -0.3 is 24.4 Å². The van der Waals surface area contributed by atoms with Gasteiger partial charge in [-0.3, -0.25) is 4.79 Å². The molecule has 1 unspecified atom stereocenters. The Hall–Kier alpha value is -3.50. The number of likely N-dealkylation sites (tertiary alicyclic amines) is 1. The lowest BCUT2D eigenvalue weighted by molar-refractivity contribution is -0.176. The van der Waals surface area contributed by atoms with Crippen molar-refractivity contribution in [3.8, 4) is 17.6 Å². The predicted octanol–water partition coefficient (Wildman–Crippen LogP) is 4.22. The second-order valence-corrected chi connectivity index (χ2v) is 10.0. The van der Waals surface area contributed by atoms with Gasteiger partial charge in [0.15, 0.2) is 6.10 Å². The average molecular weight is 493 g/mol. The molecule has 1 atom stereocenters. The van der Waals surface area contributed by atoms with Crippen LogP contribution < -0.4 is 10.1 Å². The smallest absolute Gasteiger partial charge is 0.408 e. The van der Waals surface area contributed by atoms with E-state index in [-0.39, 0.29) is 18.9 Å². The number of methoxy groups -OCH3 is 1. The summed E-state index contributed by atoms with van der Waals surface area (Å²) in [5.74, 6) is 6.26. The molecule has 1 aliphatic heterocycles. The second kappa shape index (κ2) is 11.5. The number of hydrogen-bond donors (Lipinski definition) is 1. The SMILES string of the molecule is CC#CCOC1(c2ccccc2C)CN(C(=O)C(Cc2ccc(OC)cc2)OC(=O)NC(C)(C)C)C1. The Kier molecular flexibility index (Phi) is 8.65. The highest BCUT2D eigenvalue weighted by Crippen LogP contribution is 2.38. The molecule has 0 aromatic heterocycles. The van der Waals surface area contributed by atoms with Crippen molar-refractivity contribution >= 4 is 12.0 Å². The molecule has 0 bridgehead atoms. The van der Waals surface area contributed by atoms with Crippen LogP contribution in [0.4, 0.5) is 4.79 Å².